The van der Waals surface area contributed by atoms with E-state index in [4.69, 9.17) is 4.74 Å². The maximum atomic E-state index is 9.26. The topological polar surface area (TPSA) is 41.5 Å². The molecule has 90 valence electrons. The van der Waals surface area contributed by atoms with Gasteiger partial charge < -0.3 is 15.2 Å². The quantitative estimate of drug-likeness (QED) is 0.704. The van der Waals surface area contributed by atoms with E-state index in [2.05, 4.69) is 19.2 Å². The van der Waals surface area contributed by atoms with E-state index in [1.807, 2.05) is 0 Å². The fourth-order valence-corrected chi connectivity index (χ4v) is 1.82. The largest absolute Gasteiger partial charge is 0.396 e. The van der Waals surface area contributed by atoms with E-state index in [1.54, 1.807) is 0 Å². The molecule has 0 aliphatic carbocycles. The van der Waals surface area contributed by atoms with Crippen molar-refractivity contribution in [2.24, 2.45) is 11.3 Å². The molecule has 0 aromatic carbocycles. The van der Waals surface area contributed by atoms with E-state index in [-0.39, 0.29) is 12.0 Å². The second-order valence-electron chi connectivity index (χ2n) is 5.01. The summed E-state index contributed by atoms with van der Waals surface area (Å²) in [5, 5.41) is 12.7. The first-order valence-electron chi connectivity index (χ1n) is 6.09. The maximum Gasteiger partial charge on any atom is 0.0496 e. The van der Waals surface area contributed by atoms with Gasteiger partial charge in [0, 0.05) is 31.8 Å². The van der Waals surface area contributed by atoms with E-state index in [0.717, 1.165) is 38.6 Å². The van der Waals surface area contributed by atoms with Gasteiger partial charge in [-0.2, -0.15) is 0 Å². The third-order valence-electron chi connectivity index (χ3n) is 3.56. The summed E-state index contributed by atoms with van der Waals surface area (Å²) in [6.45, 7) is 8.34. The van der Waals surface area contributed by atoms with Gasteiger partial charge in [-0.1, -0.05) is 13.8 Å². The first kappa shape index (κ1) is 12.9. The molecule has 0 radical (unpaired) electrons. The Morgan fingerprint density at radius 2 is 2.07 bits per heavy atom. The summed E-state index contributed by atoms with van der Waals surface area (Å²) in [4.78, 5) is 0. The molecular weight excluding hydrogens is 190 g/mol. The minimum absolute atomic E-state index is 0.0468. The molecule has 0 saturated carbocycles. The molecule has 0 aromatic rings. The van der Waals surface area contributed by atoms with Crippen LogP contribution in [0.3, 0.4) is 0 Å². The van der Waals surface area contributed by atoms with Crippen LogP contribution >= 0.6 is 0 Å². The summed E-state index contributed by atoms with van der Waals surface area (Å²) in [5.41, 5.74) is 0.0468. The van der Waals surface area contributed by atoms with Crippen LogP contribution in [0.2, 0.25) is 0 Å². The van der Waals surface area contributed by atoms with Gasteiger partial charge in [0.25, 0.3) is 0 Å². The van der Waals surface area contributed by atoms with Gasteiger partial charge >= 0.3 is 0 Å². The van der Waals surface area contributed by atoms with Gasteiger partial charge in [0.15, 0.2) is 0 Å². The molecule has 0 bridgehead atoms. The molecule has 3 heteroatoms. The fourth-order valence-electron chi connectivity index (χ4n) is 1.82. The zero-order valence-electron chi connectivity index (χ0n) is 10.1. The Balaban J connectivity index is 2.14. The molecule has 1 saturated heterocycles. The van der Waals surface area contributed by atoms with E-state index >= 15 is 0 Å². The molecular formula is C12H25NO2. The second kappa shape index (κ2) is 6.46. The molecule has 1 rings (SSSR count). The molecule has 1 aliphatic heterocycles. The number of hydrogen-bond acceptors (Lipinski definition) is 3. The minimum Gasteiger partial charge on any atom is -0.396 e. The van der Waals surface area contributed by atoms with Crippen LogP contribution in [-0.2, 0) is 4.74 Å². The molecule has 1 aliphatic rings. The smallest absolute Gasteiger partial charge is 0.0496 e. The predicted molar refractivity (Wildman–Crippen MR) is 61.9 cm³/mol. The Bertz CT molecular complexity index is 163. The monoisotopic (exact) mass is 215 g/mol. The van der Waals surface area contributed by atoms with Crippen molar-refractivity contribution in [3.63, 3.8) is 0 Å². The summed E-state index contributed by atoms with van der Waals surface area (Å²) in [5.74, 6) is 0.763. The van der Waals surface area contributed by atoms with Crippen molar-refractivity contribution < 1.29 is 9.84 Å². The van der Waals surface area contributed by atoms with Crippen molar-refractivity contribution in [2.45, 2.75) is 33.1 Å². The number of nitrogens with one attached hydrogen (secondary N) is 1. The maximum absolute atomic E-state index is 9.26. The van der Waals surface area contributed by atoms with Crippen LogP contribution in [0, 0.1) is 11.3 Å². The molecule has 0 spiro atoms. The van der Waals surface area contributed by atoms with Gasteiger partial charge in [-0.05, 0) is 31.7 Å². The molecule has 1 unspecified atom stereocenters. The fraction of sp³-hybridized carbons (Fsp3) is 1.00. The highest BCUT2D eigenvalue weighted by atomic mass is 16.5. The van der Waals surface area contributed by atoms with Crippen LogP contribution in [0.15, 0.2) is 0 Å². The standard InChI is InChI=1S/C12H25NO2/c1-3-12(2,10-14)9-13-8-11-4-6-15-7-5-11/h11,13-14H,3-10H2,1-2H3. The molecule has 15 heavy (non-hydrogen) atoms. The third-order valence-corrected chi connectivity index (χ3v) is 3.56. The van der Waals surface area contributed by atoms with Crippen molar-refractivity contribution in [3.05, 3.63) is 0 Å². The summed E-state index contributed by atoms with van der Waals surface area (Å²) < 4.78 is 5.32. The molecule has 1 heterocycles. The summed E-state index contributed by atoms with van der Waals surface area (Å²) in [6.07, 6.45) is 3.37. The van der Waals surface area contributed by atoms with Crippen molar-refractivity contribution >= 4 is 0 Å². The number of hydrogen-bond donors (Lipinski definition) is 2. The summed E-state index contributed by atoms with van der Waals surface area (Å²) in [6, 6.07) is 0. The highest BCUT2D eigenvalue weighted by Crippen LogP contribution is 2.19. The van der Waals surface area contributed by atoms with E-state index < -0.39 is 0 Å². The lowest BCUT2D eigenvalue weighted by molar-refractivity contribution is 0.0639. The summed E-state index contributed by atoms with van der Waals surface area (Å²) >= 11 is 0. The summed E-state index contributed by atoms with van der Waals surface area (Å²) in [7, 11) is 0. The lowest BCUT2D eigenvalue weighted by Gasteiger charge is -2.28. The first-order valence-corrected chi connectivity index (χ1v) is 6.09. The van der Waals surface area contributed by atoms with E-state index in [9.17, 15) is 5.11 Å². The van der Waals surface area contributed by atoms with Gasteiger partial charge in [0.1, 0.15) is 0 Å². The van der Waals surface area contributed by atoms with Crippen molar-refractivity contribution in [2.75, 3.05) is 32.9 Å². The van der Waals surface area contributed by atoms with Gasteiger partial charge in [-0.25, -0.2) is 0 Å². The molecule has 2 N–H and O–H groups in total. The molecule has 0 aromatic heterocycles. The lowest BCUT2D eigenvalue weighted by Crippen LogP contribution is -2.37. The minimum atomic E-state index is 0.0468. The first-order chi connectivity index (χ1) is 7.20. The van der Waals surface area contributed by atoms with Gasteiger partial charge in [-0.15, -0.1) is 0 Å². The number of aliphatic hydroxyl groups excluding tert-OH is 1. The van der Waals surface area contributed by atoms with Crippen molar-refractivity contribution in [1.29, 1.82) is 0 Å². The SMILES string of the molecule is CCC(C)(CO)CNCC1CCOCC1. The Morgan fingerprint density at radius 1 is 1.40 bits per heavy atom. The highest BCUT2D eigenvalue weighted by Gasteiger charge is 2.21. The Labute approximate surface area is 93.2 Å². The average Bonchev–Trinajstić information content (AvgIpc) is 2.30. The predicted octanol–water partition coefficient (Wildman–Crippen LogP) is 1.41. The van der Waals surface area contributed by atoms with Crippen LogP contribution in [0.25, 0.3) is 0 Å². The van der Waals surface area contributed by atoms with Crippen molar-refractivity contribution in [3.8, 4) is 0 Å². The van der Waals surface area contributed by atoms with Crippen LogP contribution in [0.4, 0.5) is 0 Å². The van der Waals surface area contributed by atoms with Crippen LogP contribution in [0.5, 0.6) is 0 Å². The Morgan fingerprint density at radius 3 is 2.60 bits per heavy atom. The van der Waals surface area contributed by atoms with Gasteiger partial charge in [0.05, 0.1) is 0 Å². The average molecular weight is 215 g/mol. The zero-order chi connectivity index (χ0) is 11.1. The lowest BCUT2D eigenvalue weighted by atomic mass is 9.88. The normalized spacial score (nSPS) is 22.6. The van der Waals surface area contributed by atoms with Crippen LogP contribution < -0.4 is 5.32 Å². The number of aliphatic hydroxyl groups is 1. The number of rotatable bonds is 6. The van der Waals surface area contributed by atoms with Gasteiger partial charge in [-0.3, -0.25) is 0 Å². The van der Waals surface area contributed by atoms with E-state index in [0.29, 0.717) is 0 Å². The highest BCUT2D eigenvalue weighted by molar-refractivity contribution is 4.75. The van der Waals surface area contributed by atoms with Crippen LogP contribution in [0.1, 0.15) is 33.1 Å². The molecule has 1 fully saturated rings. The molecule has 0 amide bonds. The Hall–Kier alpha value is -0.120. The Kier molecular flexibility index (Phi) is 5.58. The van der Waals surface area contributed by atoms with Crippen molar-refractivity contribution in [1.82, 2.24) is 5.32 Å². The zero-order valence-corrected chi connectivity index (χ0v) is 10.1. The third kappa shape index (κ3) is 4.49. The number of ether oxygens (including phenoxy) is 1. The molecule has 1 atom stereocenters. The van der Waals surface area contributed by atoms with Gasteiger partial charge in [0.2, 0.25) is 0 Å². The van der Waals surface area contributed by atoms with E-state index in [1.165, 1.54) is 12.8 Å². The second-order valence-corrected chi connectivity index (χ2v) is 5.01. The van der Waals surface area contributed by atoms with Crippen LogP contribution in [-0.4, -0.2) is 38.0 Å². The molecule has 3 nitrogen and oxygen atoms in total.